The van der Waals surface area contributed by atoms with Gasteiger partial charge in [-0.2, -0.15) is 5.10 Å². The molecule has 2 aromatic carbocycles. The zero-order valence-corrected chi connectivity index (χ0v) is 19.1. The van der Waals surface area contributed by atoms with Crippen LogP contribution in [0.15, 0.2) is 76.4 Å². The van der Waals surface area contributed by atoms with Crippen LogP contribution in [0.4, 0.5) is 5.69 Å². The van der Waals surface area contributed by atoms with Crippen molar-refractivity contribution < 1.29 is 18.7 Å². The zero-order valence-electron chi connectivity index (χ0n) is 19.1. The number of nitrogens with one attached hydrogen (secondary N) is 1. The first-order chi connectivity index (χ1) is 16.5. The number of amides is 2. The first kappa shape index (κ1) is 21.8. The minimum atomic E-state index is -0.709. The summed E-state index contributed by atoms with van der Waals surface area (Å²) in [6.07, 6.45) is 1.45. The molecule has 0 fully saturated rings. The smallest absolute Gasteiger partial charge is 0.262 e. The maximum atomic E-state index is 13.6. The number of para-hydroxylation sites is 2. The average molecular weight is 459 g/mol. The van der Waals surface area contributed by atoms with E-state index in [2.05, 4.69) is 5.32 Å². The van der Waals surface area contributed by atoms with E-state index < -0.39 is 6.10 Å². The molecule has 0 saturated carbocycles. The van der Waals surface area contributed by atoms with E-state index in [4.69, 9.17) is 14.3 Å². The van der Waals surface area contributed by atoms with E-state index in [0.29, 0.717) is 17.9 Å². The van der Waals surface area contributed by atoms with E-state index in [1.807, 2.05) is 66.4 Å². The van der Waals surface area contributed by atoms with E-state index in [-0.39, 0.29) is 30.9 Å². The average Bonchev–Trinajstić information content (AvgIpc) is 3.54. The predicted octanol–water partition coefficient (Wildman–Crippen LogP) is 3.28. The molecule has 3 heterocycles. The topological polar surface area (TPSA) is 87.4 Å². The number of carbonyl (C=O) groups is 2. The van der Waals surface area contributed by atoms with Crippen LogP contribution in [0.5, 0.6) is 5.75 Å². The Morgan fingerprint density at radius 3 is 2.62 bits per heavy atom. The van der Waals surface area contributed by atoms with Crippen LogP contribution in [0.3, 0.4) is 0 Å². The number of likely N-dealkylation sites (N-methyl/N-ethyl adjacent to an activating group) is 1. The first-order valence-electron chi connectivity index (χ1n) is 11.3. The van der Waals surface area contributed by atoms with Crippen molar-refractivity contribution >= 4 is 23.2 Å². The maximum Gasteiger partial charge on any atom is 0.262 e. The molecule has 5 rings (SSSR count). The van der Waals surface area contributed by atoms with Gasteiger partial charge in [0.05, 0.1) is 30.8 Å². The van der Waals surface area contributed by atoms with Crippen molar-refractivity contribution in [3.63, 3.8) is 0 Å². The Morgan fingerprint density at radius 1 is 1.09 bits per heavy atom. The van der Waals surface area contributed by atoms with Gasteiger partial charge in [-0.3, -0.25) is 9.59 Å². The normalized spacial score (nSPS) is 19.3. The Hall–Kier alpha value is -4.07. The van der Waals surface area contributed by atoms with Crippen molar-refractivity contribution in [2.45, 2.75) is 25.5 Å². The van der Waals surface area contributed by atoms with Crippen molar-refractivity contribution in [3.8, 4) is 5.75 Å². The summed E-state index contributed by atoms with van der Waals surface area (Å²) < 4.78 is 11.5. The fourth-order valence-electron chi connectivity index (χ4n) is 4.35. The number of rotatable bonds is 5. The Morgan fingerprint density at radius 2 is 1.88 bits per heavy atom. The number of benzene rings is 2. The molecule has 8 nitrogen and oxygen atoms in total. The highest BCUT2D eigenvalue weighted by Gasteiger charge is 2.37. The summed E-state index contributed by atoms with van der Waals surface area (Å²) in [4.78, 5) is 27.8. The van der Waals surface area contributed by atoms with Crippen molar-refractivity contribution in [1.82, 2.24) is 10.3 Å². The quantitative estimate of drug-likeness (QED) is 0.634. The molecule has 0 saturated heterocycles. The molecule has 0 spiro atoms. The Bertz CT molecular complexity index is 1220. The number of hydrazone groups is 1. The summed E-state index contributed by atoms with van der Waals surface area (Å²) in [5, 5.41) is 8.86. The van der Waals surface area contributed by atoms with Gasteiger partial charge in [-0.25, -0.2) is 5.01 Å². The van der Waals surface area contributed by atoms with Crippen LogP contribution in [0, 0.1) is 6.92 Å². The van der Waals surface area contributed by atoms with Gasteiger partial charge in [0, 0.05) is 13.5 Å². The fraction of sp³-hybridized carbons (Fsp3) is 0.269. The highest BCUT2D eigenvalue weighted by atomic mass is 16.5. The van der Waals surface area contributed by atoms with Gasteiger partial charge >= 0.3 is 0 Å². The van der Waals surface area contributed by atoms with Crippen molar-refractivity contribution in [1.29, 1.82) is 0 Å². The van der Waals surface area contributed by atoms with Gasteiger partial charge in [-0.05, 0) is 36.8 Å². The summed E-state index contributed by atoms with van der Waals surface area (Å²) in [5.41, 5.74) is 3.75. The number of aryl methyl sites for hydroxylation is 1. The van der Waals surface area contributed by atoms with Gasteiger partial charge < -0.3 is 19.4 Å². The number of carbonyl (C=O) groups excluding carboxylic acids is 2. The number of anilines is 1. The van der Waals surface area contributed by atoms with Crippen LogP contribution in [0.2, 0.25) is 0 Å². The van der Waals surface area contributed by atoms with Gasteiger partial charge in [-0.1, -0.05) is 42.0 Å². The van der Waals surface area contributed by atoms with Crippen molar-refractivity contribution in [2.75, 3.05) is 25.0 Å². The van der Waals surface area contributed by atoms with E-state index in [1.165, 1.54) is 5.01 Å². The molecule has 1 N–H and O–H groups in total. The molecule has 2 aliphatic rings. The summed E-state index contributed by atoms with van der Waals surface area (Å²) in [6.45, 7) is 2.35. The van der Waals surface area contributed by atoms with Crippen LogP contribution in [-0.4, -0.2) is 48.8 Å². The second kappa shape index (κ2) is 9.05. The fourth-order valence-corrected chi connectivity index (χ4v) is 4.35. The summed E-state index contributed by atoms with van der Waals surface area (Å²) in [6, 6.07) is 18.9. The molecular formula is C26H26N4O4. The molecule has 0 bridgehead atoms. The van der Waals surface area contributed by atoms with E-state index in [1.54, 1.807) is 19.4 Å². The standard InChI is InChI=1S/C26H26N4O4/c1-17-9-11-18(12-10-17)19-14-21(22-8-5-13-33-22)30(28-19)25(31)16-29-15-24(26(32)27-2)34-23-7-4-3-6-20(23)29/h3-13,21,24H,14-16H2,1-2H3,(H,27,32)/t21-,24+/m1/s1. The van der Waals surface area contributed by atoms with E-state index in [0.717, 1.165) is 22.5 Å². The minimum absolute atomic E-state index is 0.0513. The number of nitrogens with zero attached hydrogens (tertiary/aromatic N) is 3. The van der Waals surface area contributed by atoms with Crippen LogP contribution in [0.1, 0.15) is 29.3 Å². The number of hydrogen-bond donors (Lipinski definition) is 1. The molecule has 2 aliphatic heterocycles. The second-order valence-corrected chi connectivity index (χ2v) is 8.46. The van der Waals surface area contributed by atoms with Gasteiger partial charge in [-0.15, -0.1) is 0 Å². The molecule has 8 heteroatoms. The molecular weight excluding hydrogens is 432 g/mol. The van der Waals surface area contributed by atoms with Crippen LogP contribution >= 0.6 is 0 Å². The molecule has 1 aromatic heterocycles. The van der Waals surface area contributed by atoms with Crippen molar-refractivity contribution in [2.24, 2.45) is 5.10 Å². The molecule has 0 unspecified atom stereocenters. The van der Waals surface area contributed by atoms with E-state index >= 15 is 0 Å². The Kier molecular flexibility index (Phi) is 5.79. The lowest BCUT2D eigenvalue weighted by molar-refractivity contribution is -0.132. The summed E-state index contributed by atoms with van der Waals surface area (Å²) in [7, 11) is 1.57. The third-order valence-electron chi connectivity index (χ3n) is 6.15. The monoisotopic (exact) mass is 458 g/mol. The molecule has 0 aliphatic carbocycles. The van der Waals surface area contributed by atoms with Crippen LogP contribution in [-0.2, 0) is 9.59 Å². The second-order valence-electron chi connectivity index (χ2n) is 8.46. The van der Waals surface area contributed by atoms with Gasteiger partial charge in [0.2, 0.25) is 0 Å². The lowest BCUT2D eigenvalue weighted by Crippen LogP contribution is -2.50. The molecule has 2 amide bonds. The lowest BCUT2D eigenvalue weighted by Gasteiger charge is -2.35. The van der Waals surface area contributed by atoms with Crippen LogP contribution < -0.4 is 15.0 Å². The maximum absolute atomic E-state index is 13.6. The number of hydrogen-bond acceptors (Lipinski definition) is 6. The Labute approximate surface area is 197 Å². The molecule has 174 valence electrons. The lowest BCUT2D eigenvalue weighted by atomic mass is 10.0. The largest absolute Gasteiger partial charge is 0.477 e. The number of ether oxygens (including phenoxy) is 1. The minimum Gasteiger partial charge on any atom is -0.477 e. The van der Waals surface area contributed by atoms with Gasteiger partial charge in [0.15, 0.2) is 6.10 Å². The third kappa shape index (κ3) is 4.14. The van der Waals surface area contributed by atoms with E-state index in [9.17, 15) is 9.59 Å². The summed E-state index contributed by atoms with van der Waals surface area (Å²) in [5.74, 6) is 0.838. The molecule has 34 heavy (non-hydrogen) atoms. The van der Waals surface area contributed by atoms with Gasteiger partial charge in [0.1, 0.15) is 17.6 Å². The third-order valence-corrected chi connectivity index (χ3v) is 6.15. The highest BCUT2D eigenvalue weighted by Crippen LogP contribution is 2.36. The first-order valence-corrected chi connectivity index (χ1v) is 11.3. The molecule has 3 aromatic rings. The SMILES string of the molecule is CNC(=O)[C@@H]1CN(CC(=O)N2N=C(c3ccc(C)cc3)C[C@@H]2c2ccco2)c2ccccc2O1. The molecule has 2 atom stereocenters. The van der Waals surface area contributed by atoms with Crippen molar-refractivity contribution in [3.05, 3.63) is 83.8 Å². The predicted molar refractivity (Wildman–Crippen MR) is 128 cm³/mol. The zero-order chi connectivity index (χ0) is 23.7. The van der Waals surface area contributed by atoms with Crippen LogP contribution in [0.25, 0.3) is 0 Å². The molecule has 0 radical (unpaired) electrons. The van der Waals surface area contributed by atoms with Gasteiger partial charge in [0.25, 0.3) is 11.8 Å². The number of fused-ring (bicyclic) bond motifs is 1. The Balaban J connectivity index is 1.43. The summed E-state index contributed by atoms with van der Waals surface area (Å²) >= 11 is 0. The number of furan rings is 1. The highest BCUT2D eigenvalue weighted by molar-refractivity contribution is 6.03.